The van der Waals surface area contributed by atoms with Gasteiger partial charge in [-0.2, -0.15) is 0 Å². The van der Waals surface area contributed by atoms with Gasteiger partial charge < -0.3 is 4.42 Å². The molecular formula is C42H18B8O. The predicted octanol–water partition coefficient (Wildman–Crippen LogP) is 2.40. The van der Waals surface area contributed by atoms with Crippen molar-refractivity contribution in [1.29, 1.82) is 0 Å². The molecule has 0 spiro atoms. The van der Waals surface area contributed by atoms with Gasteiger partial charge in [-0.25, -0.2) is 0 Å². The number of hydrogen-bond acceptors (Lipinski definition) is 1. The average Bonchev–Trinajstić information content (AvgIpc) is 3.53. The fraction of sp³-hybridized carbons (Fsp3) is 0. The molecule has 0 fully saturated rings. The first kappa shape index (κ1) is 31.8. The number of hydrogen-bond donors (Lipinski definition) is 0. The normalized spacial score (nSPS) is 11.8. The molecule has 216 valence electrons. The van der Waals surface area contributed by atoms with Crippen molar-refractivity contribution in [2.75, 3.05) is 0 Å². The highest BCUT2D eigenvalue weighted by atomic mass is 16.3. The van der Waals surface area contributed by atoms with Crippen LogP contribution >= 0.6 is 0 Å². The molecule has 0 N–H and O–H groups in total. The van der Waals surface area contributed by atoms with Crippen molar-refractivity contribution in [1.82, 2.24) is 0 Å². The van der Waals surface area contributed by atoms with Gasteiger partial charge >= 0.3 is 0 Å². The standard InChI is InChI=1S/C42H18B8O/c43-35-31-28(23-13-6-12-20(16-23)19-8-2-1-3-9-19)32-34(38(46)42(50)40(48)36(32)44)30(33(31)37(45)41(49)39(35)47)24-14-7-15-26-29(24)25-17-21-10-4-5-11-22(21)18-27(25)51-26/h1-18H. The fourth-order valence-electron chi connectivity index (χ4n) is 7.71. The van der Waals surface area contributed by atoms with Crippen molar-refractivity contribution in [3.8, 4) is 33.4 Å². The van der Waals surface area contributed by atoms with E-state index in [-0.39, 0.29) is 43.7 Å². The highest BCUT2D eigenvalue weighted by molar-refractivity contribution is 6.71. The van der Waals surface area contributed by atoms with Crippen LogP contribution in [0.2, 0.25) is 0 Å². The summed E-state index contributed by atoms with van der Waals surface area (Å²) in [5.74, 6) is 0. The lowest BCUT2D eigenvalue weighted by atomic mass is 9.59. The molecule has 0 amide bonds. The molecule has 51 heavy (non-hydrogen) atoms. The molecule has 0 saturated carbocycles. The molecule has 1 aromatic heterocycles. The second kappa shape index (κ2) is 11.7. The first-order valence-corrected chi connectivity index (χ1v) is 16.4. The number of rotatable bonds is 3. The maximum absolute atomic E-state index is 7.04. The van der Waals surface area contributed by atoms with E-state index in [4.69, 9.17) is 67.2 Å². The van der Waals surface area contributed by atoms with Gasteiger partial charge in [0.25, 0.3) is 0 Å². The predicted molar refractivity (Wildman–Crippen MR) is 226 cm³/mol. The third-order valence-electron chi connectivity index (χ3n) is 10.2. The number of benzene rings is 8. The maximum Gasteiger partial charge on any atom is 0.136 e. The summed E-state index contributed by atoms with van der Waals surface area (Å²) in [4.78, 5) is 0. The quantitative estimate of drug-likeness (QED) is 0.218. The lowest BCUT2D eigenvalue weighted by molar-refractivity contribution is 0.669. The first-order chi connectivity index (χ1) is 24.7. The fourth-order valence-corrected chi connectivity index (χ4v) is 7.71. The van der Waals surface area contributed by atoms with Crippen LogP contribution in [-0.4, -0.2) is 62.8 Å². The summed E-state index contributed by atoms with van der Waals surface area (Å²) < 4.78 is 6.49. The Kier molecular flexibility index (Phi) is 7.30. The monoisotopic (exact) mass is 626 g/mol. The zero-order chi connectivity index (χ0) is 35.3. The summed E-state index contributed by atoms with van der Waals surface area (Å²) in [5.41, 5.74) is 7.92. The Labute approximate surface area is 306 Å². The van der Waals surface area contributed by atoms with Crippen LogP contribution in [0.1, 0.15) is 0 Å². The molecule has 16 radical (unpaired) electrons. The van der Waals surface area contributed by atoms with Gasteiger partial charge in [0.05, 0.1) is 0 Å². The van der Waals surface area contributed by atoms with E-state index in [1.807, 2.05) is 84.9 Å². The SMILES string of the molecule is [B]c1c([B])c([B])c2c(-c3cccc4oc5cc6ccccc6cc5c34)c3c([B])c([B])c([B])c([B])c3c(-c3cccc(-c4ccccc4)c3)c2c1[B]. The third kappa shape index (κ3) is 4.60. The maximum atomic E-state index is 7.04. The van der Waals surface area contributed by atoms with Crippen LogP contribution in [0.3, 0.4) is 0 Å². The molecule has 0 atom stereocenters. The summed E-state index contributed by atoms with van der Waals surface area (Å²) in [6.45, 7) is 0. The lowest BCUT2D eigenvalue weighted by Crippen LogP contribution is -2.50. The van der Waals surface area contributed by atoms with Gasteiger partial charge in [0.15, 0.2) is 0 Å². The highest BCUT2D eigenvalue weighted by Gasteiger charge is 2.26. The minimum atomic E-state index is 0.162. The summed E-state index contributed by atoms with van der Waals surface area (Å²) in [6.07, 6.45) is 0. The van der Waals surface area contributed by atoms with Gasteiger partial charge in [0, 0.05) is 10.8 Å². The molecule has 1 nitrogen and oxygen atoms in total. The van der Waals surface area contributed by atoms with Crippen LogP contribution in [0.25, 0.3) is 87.6 Å². The minimum Gasteiger partial charge on any atom is -0.456 e. The molecule has 8 aromatic carbocycles. The van der Waals surface area contributed by atoms with E-state index in [1.165, 1.54) is 0 Å². The van der Waals surface area contributed by atoms with Crippen molar-refractivity contribution in [2.24, 2.45) is 0 Å². The molecule has 0 saturated heterocycles. The van der Waals surface area contributed by atoms with E-state index in [0.717, 1.165) is 49.4 Å². The summed E-state index contributed by atoms with van der Waals surface area (Å²) in [6, 6.07) is 36.3. The Hall–Kier alpha value is -5.14. The molecule has 1 heterocycles. The van der Waals surface area contributed by atoms with Gasteiger partial charge in [-0.15, -0.1) is 21.9 Å². The molecule has 9 aromatic rings. The lowest BCUT2D eigenvalue weighted by Gasteiger charge is -2.29. The van der Waals surface area contributed by atoms with Crippen molar-refractivity contribution in [3.05, 3.63) is 109 Å². The number of fused-ring (bicyclic) bond motifs is 6. The smallest absolute Gasteiger partial charge is 0.136 e. The largest absolute Gasteiger partial charge is 0.456 e. The van der Waals surface area contributed by atoms with E-state index in [1.54, 1.807) is 0 Å². The Morgan fingerprint density at radius 1 is 0.333 bits per heavy atom. The van der Waals surface area contributed by atoms with Crippen molar-refractivity contribution < 1.29 is 4.42 Å². The van der Waals surface area contributed by atoms with Crippen LogP contribution in [-0.2, 0) is 0 Å². The van der Waals surface area contributed by atoms with E-state index in [0.29, 0.717) is 38.3 Å². The van der Waals surface area contributed by atoms with Gasteiger partial charge in [-0.05, 0) is 90.0 Å². The Morgan fingerprint density at radius 2 is 0.824 bits per heavy atom. The molecule has 0 aliphatic rings. The van der Waals surface area contributed by atoms with Crippen LogP contribution in [0.4, 0.5) is 0 Å². The zero-order valence-corrected chi connectivity index (χ0v) is 27.4. The molecule has 9 heteroatoms. The second-order valence-corrected chi connectivity index (χ2v) is 13.0. The van der Waals surface area contributed by atoms with Crippen molar-refractivity contribution in [2.45, 2.75) is 0 Å². The van der Waals surface area contributed by atoms with Crippen molar-refractivity contribution >= 4 is 161 Å². The summed E-state index contributed by atoms with van der Waals surface area (Å²) >= 11 is 0. The Balaban J connectivity index is 1.54. The Morgan fingerprint density at radius 3 is 1.43 bits per heavy atom. The molecule has 9 rings (SSSR count). The van der Waals surface area contributed by atoms with Gasteiger partial charge in [-0.3, -0.25) is 0 Å². The molecule has 0 aliphatic carbocycles. The highest BCUT2D eigenvalue weighted by Crippen LogP contribution is 2.45. The van der Waals surface area contributed by atoms with Crippen LogP contribution < -0.4 is 43.7 Å². The van der Waals surface area contributed by atoms with E-state index in [9.17, 15) is 0 Å². The van der Waals surface area contributed by atoms with E-state index in [2.05, 4.69) is 24.3 Å². The van der Waals surface area contributed by atoms with Crippen LogP contribution in [0.15, 0.2) is 114 Å². The topological polar surface area (TPSA) is 13.1 Å². The zero-order valence-electron chi connectivity index (χ0n) is 27.4. The van der Waals surface area contributed by atoms with Crippen molar-refractivity contribution in [3.63, 3.8) is 0 Å². The van der Waals surface area contributed by atoms with E-state index >= 15 is 0 Å². The first-order valence-electron chi connectivity index (χ1n) is 16.4. The molecular weight excluding hydrogens is 607 g/mol. The third-order valence-corrected chi connectivity index (χ3v) is 10.2. The summed E-state index contributed by atoms with van der Waals surface area (Å²) in [5, 5.41) is 6.13. The molecule has 0 bridgehead atoms. The van der Waals surface area contributed by atoms with Crippen LogP contribution in [0, 0.1) is 0 Å². The number of furan rings is 1. The average molecular weight is 625 g/mol. The molecule has 0 aliphatic heterocycles. The molecule has 0 unspecified atom stereocenters. The van der Waals surface area contributed by atoms with Gasteiger partial charge in [-0.1, -0.05) is 107 Å². The van der Waals surface area contributed by atoms with E-state index < -0.39 is 0 Å². The summed E-state index contributed by atoms with van der Waals surface area (Å²) in [7, 11) is 54.6. The Bertz CT molecular complexity index is 2870. The van der Waals surface area contributed by atoms with Crippen LogP contribution in [0.5, 0.6) is 0 Å². The van der Waals surface area contributed by atoms with Gasteiger partial charge in [0.1, 0.15) is 73.9 Å². The van der Waals surface area contributed by atoms with Gasteiger partial charge in [0.2, 0.25) is 0 Å². The minimum absolute atomic E-state index is 0.162. The second-order valence-electron chi connectivity index (χ2n) is 13.0.